The van der Waals surface area contributed by atoms with E-state index in [1.54, 1.807) is 18.1 Å². The standard InChI is InChI=1S/C3H3.2Ga.H/c1-3-2;;;/h1-3H;;;. The topological polar surface area (TPSA) is 0 Å². The molecule has 0 nitrogen and oxygen atoms in total. The van der Waals surface area contributed by atoms with Crippen molar-refractivity contribution in [3.63, 3.8) is 0 Å². The Hall–Kier alpha value is 0.883. The number of rotatable bonds is 1. The Labute approximate surface area is 52.0 Å². The van der Waals surface area contributed by atoms with Crippen LogP contribution < -0.4 is 0 Å². The molecule has 0 fully saturated rings. The van der Waals surface area contributed by atoms with Gasteiger partial charge in [0.2, 0.25) is 0 Å². The molecule has 0 atom stereocenters. The molecule has 2 radical (unpaired) electrons. The van der Waals surface area contributed by atoms with Crippen molar-refractivity contribution in [2.45, 2.75) is 0 Å². The van der Waals surface area contributed by atoms with Crippen molar-refractivity contribution in [2.75, 3.05) is 0 Å². The van der Waals surface area contributed by atoms with Crippen LogP contribution in [0.4, 0.5) is 0 Å². The molecule has 0 aliphatic rings. The van der Waals surface area contributed by atoms with Gasteiger partial charge in [-0.2, -0.15) is 0 Å². The quantitative estimate of drug-likeness (QED) is 0.471. The van der Waals surface area contributed by atoms with Crippen LogP contribution in [0.15, 0.2) is 10.7 Å². The molecule has 0 aromatic rings. The Balaban J connectivity index is 2.92. The van der Waals surface area contributed by atoms with Gasteiger partial charge in [-0.15, -0.1) is 0 Å². The zero-order valence-electron chi connectivity index (χ0n) is 3.02. The van der Waals surface area contributed by atoms with E-state index in [1.807, 2.05) is 0 Å². The predicted molar refractivity (Wildman–Crippen MR) is 28.1 cm³/mol. The molecule has 0 N–H and O–H groups in total. The molecule has 0 rings (SSSR count). The summed E-state index contributed by atoms with van der Waals surface area (Å²) in [5.41, 5.74) is 0. The van der Waals surface area contributed by atoms with Gasteiger partial charge < -0.3 is 0 Å². The molecule has 0 aliphatic carbocycles. The number of hydrogen-bond acceptors (Lipinski definition) is 0. The summed E-state index contributed by atoms with van der Waals surface area (Å²) in [6, 6.07) is 0. The molecule has 0 spiro atoms. The van der Waals surface area contributed by atoms with Crippen molar-refractivity contribution in [1.82, 2.24) is 0 Å². The van der Waals surface area contributed by atoms with Crippen LogP contribution in [0, 0.1) is 0 Å². The molecule has 2 heteroatoms. The minimum absolute atomic E-state index is 1.28. The van der Waals surface area contributed by atoms with Crippen molar-refractivity contribution >= 4 is 41.3 Å². The maximum absolute atomic E-state index is 2.14. The summed E-state index contributed by atoms with van der Waals surface area (Å²) in [6.45, 7) is 0. The summed E-state index contributed by atoms with van der Waals surface area (Å²) in [7, 11) is 0. The third kappa shape index (κ3) is 4.88. The fourth-order valence-corrected chi connectivity index (χ4v) is 2.12. The first-order chi connectivity index (χ1) is 2.41. The summed E-state index contributed by atoms with van der Waals surface area (Å²) in [5, 5.41) is 0. The van der Waals surface area contributed by atoms with Gasteiger partial charge in [0.15, 0.2) is 0 Å². The molecule has 0 aromatic carbocycles. The molecule has 22 valence electrons. The molecular weight excluding hydrogens is 175 g/mol. The van der Waals surface area contributed by atoms with Crippen LogP contribution in [-0.2, 0) is 0 Å². The first kappa shape index (κ1) is 5.88. The van der Waals surface area contributed by atoms with E-state index in [9.17, 15) is 0 Å². The first-order valence-corrected chi connectivity index (χ1v) is 4.52. The van der Waals surface area contributed by atoms with Crippen molar-refractivity contribution in [1.29, 1.82) is 0 Å². The fourth-order valence-electron chi connectivity index (χ4n) is 0.0786. The van der Waals surface area contributed by atoms with Crippen LogP contribution in [0.3, 0.4) is 0 Å². The van der Waals surface area contributed by atoms with Crippen LogP contribution in [0.5, 0.6) is 0 Å². The summed E-state index contributed by atoms with van der Waals surface area (Å²) in [5.74, 6) is 0. The Bertz CT molecular complexity index is 46.9. The van der Waals surface area contributed by atoms with Gasteiger partial charge in [-0.3, -0.25) is 0 Å². The Kier molecular flexibility index (Phi) is 5.74. The van der Waals surface area contributed by atoms with Crippen molar-refractivity contribution in [2.24, 2.45) is 0 Å². The molecule has 0 saturated heterocycles. The normalized spacial score (nSPS) is 8.60. The maximum atomic E-state index is 2.14. The minimum atomic E-state index is 1.28. The summed E-state index contributed by atoms with van der Waals surface area (Å²) >= 11 is 2.93. The van der Waals surface area contributed by atoms with Gasteiger partial charge in [0.25, 0.3) is 0 Å². The van der Waals surface area contributed by atoms with Crippen LogP contribution >= 0.6 is 0 Å². The first-order valence-electron chi connectivity index (χ1n) is 1.41. The molecule has 0 saturated carbocycles. The SMILES string of the molecule is [Ga]=[CH]C=[CH][GaH]. The second-order valence-corrected chi connectivity index (χ2v) is 2.42. The molecule has 0 amide bonds. The monoisotopic (exact) mass is 178 g/mol. The second kappa shape index (κ2) is 4.88. The summed E-state index contributed by atoms with van der Waals surface area (Å²) < 4.78 is 4.23. The van der Waals surface area contributed by atoms with E-state index in [2.05, 4.69) is 15.3 Å². The van der Waals surface area contributed by atoms with E-state index in [4.69, 9.17) is 0 Å². The van der Waals surface area contributed by atoms with Gasteiger partial charge in [-0.25, -0.2) is 0 Å². The molecular formula is C3H4Ga2. The van der Waals surface area contributed by atoms with Gasteiger partial charge in [0.1, 0.15) is 0 Å². The molecule has 0 aliphatic heterocycles. The van der Waals surface area contributed by atoms with Gasteiger partial charge in [0, 0.05) is 0 Å². The van der Waals surface area contributed by atoms with E-state index in [1.165, 1.54) is 18.6 Å². The molecule has 0 bridgehead atoms. The fraction of sp³-hybridized carbons (Fsp3) is 0. The van der Waals surface area contributed by atoms with Gasteiger partial charge >= 0.3 is 52.0 Å². The Morgan fingerprint density at radius 3 is 2.20 bits per heavy atom. The molecule has 5 heavy (non-hydrogen) atoms. The van der Waals surface area contributed by atoms with Crippen LogP contribution in [0.1, 0.15) is 0 Å². The molecule has 0 unspecified atom stereocenters. The molecule has 0 heterocycles. The third-order valence-electron chi connectivity index (χ3n) is 0.247. The van der Waals surface area contributed by atoms with E-state index >= 15 is 0 Å². The van der Waals surface area contributed by atoms with Crippen molar-refractivity contribution in [3.05, 3.63) is 10.7 Å². The van der Waals surface area contributed by atoms with Crippen molar-refractivity contribution < 1.29 is 0 Å². The van der Waals surface area contributed by atoms with Crippen LogP contribution in [-0.4, -0.2) is 41.3 Å². The third-order valence-corrected chi connectivity index (χ3v) is 1.28. The van der Waals surface area contributed by atoms with Crippen molar-refractivity contribution in [3.8, 4) is 0 Å². The average molecular weight is 180 g/mol. The van der Waals surface area contributed by atoms with Crippen LogP contribution in [0.2, 0.25) is 0 Å². The zero-order valence-corrected chi connectivity index (χ0v) is 8.41. The molecule has 0 aromatic heterocycles. The van der Waals surface area contributed by atoms with E-state index in [0.29, 0.717) is 0 Å². The second-order valence-electron chi connectivity index (χ2n) is 0.621. The number of hydrogen-bond donors (Lipinski definition) is 0. The van der Waals surface area contributed by atoms with E-state index < -0.39 is 0 Å². The van der Waals surface area contributed by atoms with Crippen LogP contribution in [0.25, 0.3) is 0 Å². The van der Waals surface area contributed by atoms with Gasteiger partial charge in [-0.1, -0.05) is 0 Å². The Morgan fingerprint density at radius 2 is 2.20 bits per heavy atom. The van der Waals surface area contributed by atoms with E-state index in [-0.39, 0.29) is 0 Å². The average Bonchev–Trinajstić information content (AvgIpc) is 1.41. The predicted octanol–water partition coefficient (Wildman–Crippen LogP) is -0.628. The van der Waals surface area contributed by atoms with E-state index in [0.717, 1.165) is 0 Å². The Morgan fingerprint density at radius 1 is 1.60 bits per heavy atom. The van der Waals surface area contributed by atoms with Gasteiger partial charge in [-0.05, 0) is 0 Å². The number of allylic oxidation sites excluding steroid dienone is 1. The van der Waals surface area contributed by atoms with Gasteiger partial charge in [0.05, 0.1) is 0 Å². The zero-order chi connectivity index (χ0) is 4.12. The summed E-state index contributed by atoms with van der Waals surface area (Å²) in [6.07, 6.45) is 2.08. The summed E-state index contributed by atoms with van der Waals surface area (Å²) in [4.78, 5) is 0.